The van der Waals surface area contributed by atoms with Crippen LogP contribution >= 0.6 is 0 Å². The molecule has 0 aromatic heterocycles. The van der Waals surface area contributed by atoms with Crippen molar-refractivity contribution in [2.75, 3.05) is 11.9 Å². The molecule has 0 saturated carbocycles. The first-order valence-corrected chi connectivity index (χ1v) is 11.8. The van der Waals surface area contributed by atoms with Crippen LogP contribution in [0.15, 0.2) is 42.2 Å². The summed E-state index contributed by atoms with van der Waals surface area (Å²) in [6.45, 7) is 16.5. The van der Waals surface area contributed by atoms with Gasteiger partial charge in [0.2, 0.25) is 0 Å². The fourth-order valence-electron chi connectivity index (χ4n) is 7.01. The van der Waals surface area contributed by atoms with Gasteiger partial charge in [0.15, 0.2) is 0 Å². The molecule has 0 saturated heterocycles. The van der Waals surface area contributed by atoms with Gasteiger partial charge in [-0.3, -0.25) is 0 Å². The summed E-state index contributed by atoms with van der Waals surface area (Å²) < 4.78 is 0. The maximum absolute atomic E-state index is 2.65. The quantitative estimate of drug-likeness (QED) is 0.521. The standard InChI is InChI=1S/C29H36N2/c1-9-28(6)24-14-13-22(25-19(4)15-18(3)16-20(25)5)23-12-11-21-17-30(8)27(29(28,7)10-2)31(21)26(23)24/h11-17,27H,9-10H2,1-8H3. The number of benzene rings is 2. The average molecular weight is 413 g/mol. The van der Waals surface area contributed by atoms with Gasteiger partial charge in [0.05, 0.1) is 11.4 Å². The Bertz CT molecular complexity index is 1130. The molecule has 2 aromatic rings. The molecule has 3 aliphatic heterocycles. The second-order valence-corrected chi connectivity index (χ2v) is 10.4. The van der Waals surface area contributed by atoms with Crippen LogP contribution in [0, 0.1) is 26.2 Å². The summed E-state index contributed by atoms with van der Waals surface area (Å²) >= 11 is 0. The minimum atomic E-state index is 0.117. The molecule has 0 spiro atoms. The number of hydrogen-bond donors (Lipinski definition) is 0. The van der Waals surface area contributed by atoms with E-state index in [1.807, 2.05) is 0 Å². The van der Waals surface area contributed by atoms with Crippen molar-refractivity contribution in [3.05, 3.63) is 70.1 Å². The van der Waals surface area contributed by atoms with Gasteiger partial charge < -0.3 is 9.80 Å². The maximum atomic E-state index is 2.65. The van der Waals surface area contributed by atoms with Gasteiger partial charge in [-0.2, -0.15) is 0 Å². The smallest absolute Gasteiger partial charge is 0.112 e. The van der Waals surface area contributed by atoms with E-state index >= 15 is 0 Å². The molecule has 0 radical (unpaired) electrons. The summed E-state index contributed by atoms with van der Waals surface area (Å²) in [4.78, 5) is 5.11. The van der Waals surface area contributed by atoms with Crippen LogP contribution in [0.4, 0.5) is 5.69 Å². The lowest BCUT2D eigenvalue weighted by Crippen LogP contribution is -2.62. The first-order chi connectivity index (χ1) is 14.7. The Labute approximate surface area is 188 Å². The molecule has 31 heavy (non-hydrogen) atoms. The van der Waals surface area contributed by atoms with E-state index in [1.165, 1.54) is 50.3 Å². The minimum Gasteiger partial charge on any atom is -0.358 e. The minimum absolute atomic E-state index is 0.117. The van der Waals surface area contributed by atoms with Gasteiger partial charge in [0, 0.05) is 29.6 Å². The summed E-state index contributed by atoms with van der Waals surface area (Å²) in [5.74, 6) is 0. The van der Waals surface area contributed by atoms with E-state index in [1.54, 1.807) is 0 Å². The van der Waals surface area contributed by atoms with Crippen molar-refractivity contribution in [1.82, 2.24) is 4.90 Å². The summed E-state index contributed by atoms with van der Waals surface area (Å²) in [6, 6.07) is 9.50. The molecule has 3 atom stereocenters. The Morgan fingerprint density at radius 3 is 2.23 bits per heavy atom. The van der Waals surface area contributed by atoms with Gasteiger partial charge in [-0.25, -0.2) is 0 Å². The van der Waals surface area contributed by atoms with E-state index in [4.69, 9.17) is 0 Å². The summed E-state index contributed by atoms with van der Waals surface area (Å²) in [6.07, 6.45) is 9.69. The first kappa shape index (κ1) is 20.4. The highest BCUT2D eigenvalue weighted by molar-refractivity contribution is 5.92. The molecule has 2 nitrogen and oxygen atoms in total. The van der Waals surface area contributed by atoms with Crippen LogP contribution in [0.25, 0.3) is 17.2 Å². The monoisotopic (exact) mass is 412 g/mol. The lowest BCUT2D eigenvalue weighted by molar-refractivity contribution is 0.0391. The van der Waals surface area contributed by atoms with Gasteiger partial charge in [-0.15, -0.1) is 0 Å². The summed E-state index contributed by atoms with van der Waals surface area (Å²) in [5, 5.41) is 0. The zero-order valence-electron chi connectivity index (χ0n) is 20.4. The van der Waals surface area contributed by atoms with E-state index in [9.17, 15) is 0 Å². The van der Waals surface area contributed by atoms with Crippen LogP contribution in [0.3, 0.4) is 0 Å². The van der Waals surface area contributed by atoms with Gasteiger partial charge in [-0.1, -0.05) is 63.6 Å². The Balaban J connectivity index is 1.86. The predicted molar refractivity (Wildman–Crippen MR) is 133 cm³/mol. The molecule has 0 bridgehead atoms. The van der Waals surface area contributed by atoms with Crippen molar-refractivity contribution < 1.29 is 0 Å². The van der Waals surface area contributed by atoms with Crippen LogP contribution in [0.1, 0.15) is 68.4 Å². The molecule has 0 N–H and O–H groups in total. The van der Waals surface area contributed by atoms with Crippen molar-refractivity contribution in [2.45, 2.75) is 72.9 Å². The molecule has 0 amide bonds. The van der Waals surface area contributed by atoms with Crippen molar-refractivity contribution in [2.24, 2.45) is 5.41 Å². The second kappa shape index (κ2) is 6.51. The Morgan fingerprint density at radius 1 is 0.935 bits per heavy atom. The van der Waals surface area contributed by atoms with Gasteiger partial charge in [0.1, 0.15) is 6.17 Å². The van der Waals surface area contributed by atoms with Gasteiger partial charge in [-0.05, 0) is 67.5 Å². The highest BCUT2D eigenvalue weighted by Gasteiger charge is 2.59. The van der Waals surface area contributed by atoms with Crippen LogP contribution in [-0.4, -0.2) is 18.1 Å². The molecule has 3 aliphatic rings. The van der Waals surface area contributed by atoms with Crippen LogP contribution < -0.4 is 4.90 Å². The molecular formula is C29H36N2. The van der Waals surface area contributed by atoms with Crippen molar-refractivity contribution in [1.29, 1.82) is 0 Å². The lowest BCUT2D eigenvalue weighted by atomic mass is 9.54. The number of aryl methyl sites for hydroxylation is 3. The maximum Gasteiger partial charge on any atom is 0.112 e. The highest BCUT2D eigenvalue weighted by Crippen LogP contribution is 2.62. The fraction of sp³-hybridized carbons (Fsp3) is 0.448. The first-order valence-electron chi connectivity index (χ1n) is 11.8. The predicted octanol–water partition coefficient (Wildman–Crippen LogP) is 7.32. The number of hydrogen-bond acceptors (Lipinski definition) is 2. The molecule has 5 rings (SSSR count). The topological polar surface area (TPSA) is 6.48 Å². The van der Waals surface area contributed by atoms with Crippen LogP contribution in [-0.2, 0) is 5.41 Å². The third-order valence-electron chi connectivity index (χ3n) is 8.94. The molecule has 2 aromatic carbocycles. The van der Waals surface area contributed by atoms with E-state index in [0.29, 0.717) is 6.17 Å². The number of nitrogens with zero attached hydrogens (tertiary/aromatic N) is 2. The van der Waals surface area contributed by atoms with Gasteiger partial charge >= 0.3 is 0 Å². The van der Waals surface area contributed by atoms with Crippen molar-refractivity contribution >= 4 is 11.8 Å². The van der Waals surface area contributed by atoms with Crippen molar-refractivity contribution in [3.8, 4) is 11.1 Å². The third-order valence-corrected chi connectivity index (χ3v) is 8.94. The molecule has 0 aliphatic carbocycles. The van der Waals surface area contributed by atoms with E-state index in [2.05, 4.69) is 108 Å². The molecule has 0 fully saturated rings. The Kier molecular flexibility index (Phi) is 4.29. The van der Waals surface area contributed by atoms with Crippen LogP contribution in [0.2, 0.25) is 0 Å². The third kappa shape index (κ3) is 2.39. The van der Waals surface area contributed by atoms with E-state index in [0.717, 1.165) is 12.8 Å². The lowest BCUT2D eigenvalue weighted by Gasteiger charge is -2.60. The average Bonchev–Trinajstić information content (AvgIpc) is 3.08. The zero-order valence-corrected chi connectivity index (χ0v) is 20.4. The van der Waals surface area contributed by atoms with Crippen LogP contribution in [0.5, 0.6) is 0 Å². The SMILES string of the molecule is CCC1(C)c2ccc(-c3c(C)cc(C)cc3C)c3c2N2C(=CN(C)C2C1(C)CC)C=C3. The molecule has 2 heteroatoms. The number of allylic oxidation sites excluding steroid dienone is 1. The largest absolute Gasteiger partial charge is 0.358 e. The Hall–Kier alpha value is -2.48. The normalized spacial score (nSPS) is 28.1. The molecule has 162 valence electrons. The van der Waals surface area contributed by atoms with Gasteiger partial charge in [0.25, 0.3) is 0 Å². The molecular weight excluding hydrogens is 376 g/mol. The second-order valence-electron chi connectivity index (χ2n) is 10.4. The Morgan fingerprint density at radius 2 is 1.61 bits per heavy atom. The summed E-state index contributed by atoms with van der Waals surface area (Å²) in [5.41, 5.74) is 12.8. The van der Waals surface area contributed by atoms with Crippen molar-refractivity contribution in [3.63, 3.8) is 0 Å². The number of rotatable bonds is 3. The zero-order chi connectivity index (χ0) is 22.3. The highest BCUT2D eigenvalue weighted by atomic mass is 15.4. The number of anilines is 1. The van der Waals surface area contributed by atoms with E-state index < -0.39 is 0 Å². The fourth-order valence-corrected chi connectivity index (χ4v) is 7.01. The summed E-state index contributed by atoms with van der Waals surface area (Å²) in [7, 11) is 2.26. The van der Waals surface area contributed by atoms with E-state index in [-0.39, 0.29) is 10.8 Å². The molecule has 3 unspecified atom stereocenters. The molecule has 3 heterocycles.